The molecule has 0 fully saturated rings. The molecule has 1 aromatic rings. The van der Waals surface area contributed by atoms with Crippen molar-refractivity contribution in [3.05, 3.63) is 36.0 Å². The highest BCUT2D eigenvalue weighted by Crippen LogP contribution is 2.16. The zero-order valence-corrected chi connectivity index (χ0v) is 8.41. The third kappa shape index (κ3) is 2.28. The van der Waals surface area contributed by atoms with E-state index >= 15 is 0 Å². The van der Waals surface area contributed by atoms with E-state index in [2.05, 4.69) is 10.6 Å². The molecule has 15 heavy (non-hydrogen) atoms. The number of carbonyl (C=O) groups is 1. The summed E-state index contributed by atoms with van der Waals surface area (Å²) >= 11 is 0. The zero-order valence-electron chi connectivity index (χ0n) is 8.41. The molecule has 2 N–H and O–H groups in total. The van der Waals surface area contributed by atoms with E-state index in [0.717, 1.165) is 17.1 Å². The Labute approximate surface area is 87.9 Å². The molecule has 0 radical (unpaired) electrons. The van der Waals surface area contributed by atoms with Gasteiger partial charge in [0, 0.05) is 17.5 Å². The first-order chi connectivity index (χ1) is 7.28. The van der Waals surface area contributed by atoms with Gasteiger partial charge in [-0.25, -0.2) is 0 Å². The Morgan fingerprint density at radius 2 is 2.07 bits per heavy atom. The zero-order chi connectivity index (χ0) is 10.7. The monoisotopic (exact) mass is 204 g/mol. The number of amides is 1. The normalized spacial score (nSPS) is 14.5. The summed E-state index contributed by atoms with van der Waals surface area (Å²) in [6.45, 7) is 0.560. The van der Waals surface area contributed by atoms with Gasteiger partial charge in [-0.05, 0) is 24.3 Å². The number of rotatable bonds is 3. The molecule has 1 heterocycles. The van der Waals surface area contributed by atoms with Crippen LogP contribution >= 0.6 is 0 Å². The van der Waals surface area contributed by atoms with Crippen molar-refractivity contribution in [2.24, 2.45) is 0 Å². The molecule has 1 aliphatic heterocycles. The predicted octanol–water partition coefficient (Wildman–Crippen LogP) is 1.12. The van der Waals surface area contributed by atoms with Crippen LogP contribution in [0.1, 0.15) is 0 Å². The molecular formula is C11H12N2O2. The largest absolute Gasteiger partial charge is 0.497 e. The lowest BCUT2D eigenvalue weighted by Gasteiger charge is -2.06. The molecule has 4 nitrogen and oxygen atoms in total. The van der Waals surface area contributed by atoms with E-state index in [1.165, 1.54) is 0 Å². The Morgan fingerprint density at radius 3 is 2.60 bits per heavy atom. The molecule has 0 saturated carbocycles. The standard InChI is InChI=1S/C11H12N2O2/c1-15-10-4-2-8(3-5-10)13-9-6-11(14)12-7-9/h2-6,13H,7H2,1H3,(H,12,14). The van der Waals surface area contributed by atoms with Gasteiger partial charge in [-0.2, -0.15) is 0 Å². The van der Waals surface area contributed by atoms with E-state index in [-0.39, 0.29) is 5.91 Å². The van der Waals surface area contributed by atoms with Crippen molar-refractivity contribution in [3.8, 4) is 5.75 Å². The van der Waals surface area contributed by atoms with Gasteiger partial charge in [0.2, 0.25) is 5.91 Å². The number of hydrogen-bond donors (Lipinski definition) is 2. The van der Waals surface area contributed by atoms with Gasteiger partial charge < -0.3 is 15.4 Å². The molecule has 0 aromatic heterocycles. The maximum absolute atomic E-state index is 10.9. The number of ether oxygens (including phenoxy) is 1. The fourth-order valence-electron chi connectivity index (χ4n) is 1.38. The molecule has 1 aromatic carbocycles. The second kappa shape index (κ2) is 4.04. The molecule has 1 amide bonds. The highest BCUT2D eigenvalue weighted by atomic mass is 16.5. The van der Waals surface area contributed by atoms with Crippen LogP contribution in [0.2, 0.25) is 0 Å². The summed E-state index contributed by atoms with van der Waals surface area (Å²) in [4.78, 5) is 10.9. The van der Waals surface area contributed by atoms with Gasteiger partial charge in [-0.3, -0.25) is 4.79 Å². The van der Waals surface area contributed by atoms with E-state index in [4.69, 9.17) is 4.74 Å². The fraction of sp³-hybridized carbons (Fsp3) is 0.182. The summed E-state index contributed by atoms with van der Waals surface area (Å²) in [5.41, 5.74) is 1.82. The molecule has 1 aliphatic rings. The summed E-state index contributed by atoms with van der Waals surface area (Å²) in [7, 11) is 1.63. The lowest BCUT2D eigenvalue weighted by atomic mass is 10.3. The van der Waals surface area contributed by atoms with Crippen LogP contribution < -0.4 is 15.4 Å². The van der Waals surface area contributed by atoms with Crippen LogP contribution in [0.3, 0.4) is 0 Å². The predicted molar refractivity (Wildman–Crippen MR) is 57.7 cm³/mol. The Morgan fingerprint density at radius 1 is 1.33 bits per heavy atom. The minimum Gasteiger partial charge on any atom is -0.497 e. The van der Waals surface area contributed by atoms with E-state index in [9.17, 15) is 4.79 Å². The van der Waals surface area contributed by atoms with Gasteiger partial charge in [0.1, 0.15) is 5.75 Å². The van der Waals surface area contributed by atoms with Crippen LogP contribution in [0.25, 0.3) is 0 Å². The van der Waals surface area contributed by atoms with Crippen LogP contribution in [0.4, 0.5) is 5.69 Å². The summed E-state index contributed by atoms with van der Waals surface area (Å²) in [6, 6.07) is 7.55. The van der Waals surface area contributed by atoms with Crippen molar-refractivity contribution >= 4 is 11.6 Å². The molecule has 0 bridgehead atoms. The minimum absolute atomic E-state index is 0.0500. The Hall–Kier alpha value is -1.97. The van der Waals surface area contributed by atoms with Gasteiger partial charge in [0.25, 0.3) is 0 Å². The van der Waals surface area contributed by atoms with Gasteiger partial charge in [-0.15, -0.1) is 0 Å². The average Bonchev–Trinajstić information content (AvgIpc) is 2.65. The van der Waals surface area contributed by atoms with Crippen molar-refractivity contribution in [1.29, 1.82) is 0 Å². The molecule has 0 atom stereocenters. The van der Waals surface area contributed by atoms with Gasteiger partial charge in [-0.1, -0.05) is 0 Å². The first-order valence-electron chi connectivity index (χ1n) is 4.67. The van der Waals surface area contributed by atoms with E-state index in [1.807, 2.05) is 24.3 Å². The number of benzene rings is 1. The summed E-state index contributed by atoms with van der Waals surface area (Å²) in [5, 5.41) is 5.84. The first-order valence-corrected chi connectivity index (χ1v) is 4.67. The van der Waals surface area contributed by atoms with Gasteiger partial charge >= 0.3 is 0 Å². The van der Waals surface area contributed by atoms with Crippen molar-refractivity contribution in [1.82, 2.24) is 5.32 Å². The highest BCUT2D eigenvalue weighted by molar-refractivity contribution is 5.91. The Bertz CT molecular complexity index is 396. The first kappa shape index (κ1) is 9.58. The van der Waals surface area contributed by atoms with Crippen molar-refractivity contribution in [2.45, 2.75) is 0 Å². The van der Waals surface area contributed by atoms with Crippen LogP contribution in [-0.2, 0) is 4.79 Å². The van der Waals surface area contributed by atoms with Crippen LogP contribution in [0.15, 0.2) is 36.0 Å². The molecule has 4 heteroatoms. The number of anilines is 1. The minimum atomic E-state index is -0.0500. The lowest BCUT2D eigenvalue weighted by molar-refractivity contribution is -0.115. The summed E-state index contributed by atoms with van der Waals surface area (Å²) < 4.78 is 5.05. The van der Waals surface area contributed by atoms with Crippen LogP contribution in [-0.4, -0.2) is 19.6 Å². The molecule has 0 unspecified atom stereocenters. The van der Waals surface area contributed by atoms with Crippen LogP contribution in [0.5, 0.6) is 5.75 Å². The summed E-state index contributed by atoms with van der Waals surface area (Å²) in [5.74, 6) is 0.765. The van der Waals surface area contributed by atoms with Crippen molar-refractivity contribution in [2.75, 3.05) is 19.0 Å². The molecule has 0 aliphatic carbocycles. The SMILES string of the molecule is COc1ccc(NC2=CC(=O)NC2)cc1. The molecule has 0 spiro atoms. The number of methoxy groups -OCH3 is 1. The molecule has 78 valence electrons. The fourth-order valence-corrected chi connectivity index (χ4v) is 1.38. The smallest absolute Gasteiger partial charge is 0.246 e. The van der Waals surface area contributed by atoms with E-state index < -0.39 is 0 Å². The highest BCUT2D eigenvalue weighted by Gasteiger charge is 2.09. The maximum Gasteiger partial charge on any atom is 0.246 e. The lowest BCUT2D eigenvalue weighted by Crippen LogP contribution is -2.16. The number of nitrogens with one attached hydrogen (secondary N) is 2. The van der Waals surface area contributed by atoms with E-state index in [1.54, 1.807) is 13.2 Å². The topological polar surface area (TPSA) is 50.4 Å². The summed E-state index contributed by atoms with van der Waals surface area (Å²) in [6.07, 6.45) is 1.56. The van der Waals surface area contributed by atoms with Crippen LogP contribution in [0, 0.1) is 0 Å². The molecule has 0 saturated heterocycles. The average molecular weight is 204 g/mol. The molecular weight excluding hydrogens is 192 g/mol. The van der Waals surface area contributed by atoms with Crippen molar-refractivity contribution in [3.63, 3.8) is 0 Å². The maximum atomic E-state index is 10.9. The third-order valence-corrected chi connectivity index (χ3v) is 2.15. The quantitative estimate of drug-likeness (QED) is 0.775. The third-order valence-electron chi connectivity index (χ3n) is 2.15. The molecule has 2 rings (SSSR count). The second-order valence-corrected chi connectivity index (χ2v) is 3.24. The Kier molecular flexibility index (Phi) is 2.58. The van der Waals surface area contributed by atoms with Gasteiger partial charge in [0.15, 0.2) is 0 Å². The second-order valence-electron chi connectivity index (χ2n) is 3.24. The number of carbonyl (C=O) groups excluding carboxylic acids is 1. The van der Waals surface area contributed by atoms with Gasteiger partial charge in [0.05, 0.1) is 13.7 Å². The van der Waals surface area contributed by atoms with E-state index in [0.29, 0.717) is 6.54 Å². The number of hydrogen-bond acceptors (Lipinski definition) is 3. The Balaban J connectivity index is 2.05. The van der Waals surface area contributed by atoms with Crippen molar-refractivity contribution < 1.29 is 9.53 Å².